The van der Waals surface area contributed by atoms with E-state index >= 15 is 0 Å². The van der Waals surface area contributed by atoms with E-state index in [1.165, 1.54) is 19.4 Å². The van der Waals surface area contributed by atoms with Crippen LogP contribution in [0.25, 0.3) is 0 Å². The maximum absolute atomic E-state index is 2.70. The van der Waals surface area contributed by atoms with Gasteiger partial charge in [0.15, 0.2) is 0 Å². The van der Waals surface area contributed by atoms with Gasteiger partial charge >= 0.3 is 0 Å². The topological polar surface area (TPSA) is 3.24 Å². The Balaban J connectivity index is 2.14. The summed E-state index contributed by atoms with van der Waals surface area (Å²) >= 11 is 0. The zero-order chi connectivity index (χ0) is 8.93. The summed E-state index contributed by atoms with van der Waals surface area (Å²) in [4.78, 5) is 2.70. The summed E-state index contributed by atoms with van der Waals surface area (Å²) < 4.78 is 0. The molecule has 1 heteroatoms. The lowest BCUT2D eigenvalue weighted by molar-refractivity contribution is 0.0463. The predicted octanol–water partition coefficient (Wildman–Crippen LogP) is 2.52. The molecule has 0 saturated carbocycles. The van der Waals surface area contributed by atoms with Gasteiger partial charge in [-0.15, -0.1) is 0 Å². The van der Waals surface area contributed by atoms with Crippen LogP contribution >= 0.6 is 0 Å². The van der Waals surface area contributed by atoms with Gasteiger partial charge in [0.2, 0.25) is 0 Å². The summed E-state index contributed by atoms with van der Waals surface area (Å²) in [6, 6.07) is 1.80. The minimum Gasteiger partial charge on any atom is -0.297 e. The molecule has 2 aliphatic heterocycles. The highest BCUT2D eigenvalue weighted by molar-refractivity contribution is 5.06. The molecule has 0 aromatic carbocycles. The Kier molecular flexibility index (Phi) is 1.76. The normalized spacial score (nSPS) is 45.5. The summed E-state index contributed by atoms with van der Waals surface area (Å²) in [5.74, 6) is 0.952. The van der Waals surface area contributed by atoms with Crippen molar-refractivity contribution in [2.75, 3.05) is 6.54 Å². The molecule has 0 bridgehead atoms. The van der Waals surface area contributed by atoms with Gasteiger partial charge in [0, 0.05) is 18.6 Å². The monoisotopic (exact) mass is 167 g/mol. The van der Waals surface area contributed by atoms with Crippen molar-refractivity contribution >= 4 is 0 Å². The quantitative estimate of drug-likeness (QED) is 0.580. The fraction of sp³-hybridized carbons (Fsp3) is 1.00. The predicted molar refractivity (Wildman–Crippen MR) is 52.1 cm³/mol. The number of nitrogens with zero attached hydrogens (tertiary/aromatic N) is 1. The van der Waals surface area contributed by atoms with Gasteiger partial charge in [-0.1, -0.05) is 27.2 Å². The first-order valence-electron chi connectivity index (χ1n) is 5.32. The largest absolute Gasteiger partial charge is 0.297 e. The number of fused-ring (bicyclic) bond motifs is 1. The molecule has 2 aliphatic rings. The first-order chi connectivity index (χ1) is 5.56. The van der Waals surface area contributed by atoms with Crippen molar-refractivity contribution in [2.24, 2.45) is 11.3 Å². The highest BCUT2D eigenvalue weighted by Crippen LogP contribution is 2.49. The number of rotatable bonds is 1. The molecule has 12 heavy (non-hydrogen) atoms. The summed E-state index contributed by atoms with van der Waals surface area (Å²) in [5.41, 5.74) is 0.574. The minimum absolute atomic E-state index is 0.574. The van der Waals surface area contributed by atoms with Gasteiger partial charge in [-0.2, -0.15) is 0 Å². The molecule has 0 aromatic heterocycles. The van der Waals surface area contributed by atoms with E-state index in [2.05, 4.69) is 32.6 Å². The Hall–Kier alpha value is -0.0400. The smallest absolute Gasteiger partial charge is 0.0147 e. The average molecular weight is 167 g/mol. The van der Waals surface area contributed by atoms with Crippen molar-refractivity contribution in [3.05, 3.63) is 0 Å². The van der Waals surface area contributed by atoms with Crippen molar-refractivity contribution in [1.29, 1.82) is 0 Å². The molecule has 2 unspecified atom stereocenters. The molecule has 0 aliphatic carbocycles. The zero-order valence-corrected chi connectivity index (χ0v) is 8.80. The van der Waals surface area contributed by atoms with Gasteiger partial charge in [-0.05, 0) is 24.7 Å². The molecule has 0 N–H and O–H groups in total. The number of hydrogen-bond donors (Lipinski definition) is 0. The van der Waals surface area contributed by atoms with Gasteiger partial charge in [-0.3, -0.25) is 4.90 Å². The van der Waals surface area contributed by atoms with Gasteiger partial charge in [0.05, 0.1) is 0 Å². The van der Waals surface area contributed by atoms with Crippen LogP contribution in [0, 0.1) is 11.3 Å². The lowest BCUT2D eigenvalue weighted by Gasteiger charge is -2.44. The fourth-order valence-corrected chi connectivity index (χ4v) is 3.41. The lowest BCUT2D eigenvalue weighted by Crippen LogP contribution is -2.52. The second-order valence-electron chi connectivity index (χ2n) is 5.33. The van der Waals surface area contributed by atoms with E-state index in [1.807, 2.05) is 0 Å². The second kappa shape index (κ2) is 2.47. The highest BCUT2D eigenvalue weighted by atomic mass is 15.3. The van der Waals surface area contributed by atoms with E-state index in [0.717, 1.165) is 18.0 Å². The maximum atomic E-state index is 2.70. The molecule has 0 spiro atoms. The molecule has 3 atom stereocenters. The van der Waals surface area contributed by atoms with Crippen molar-refractivity contribution < 1.29 is 0 Å². The van der Waals surface area contributed by atoms with Crippen LogP contribution in [-0.2, 0) is 0 Å². The van der Waals surface area contributed by atoms with Crippen molar-refractivity contribution in [1.82, 2.24) is 4.90 Å². The van der Waals surface area contributed by atoms with Gasteiger partial charge < -0.3 is 0 Å². The van der Waals surface area contributed by atoms with Crippen molar-refractivity contribution in [3.63, 3.8) is 0 Å². The first-order valence-corrected chi connectivity index (χ1v) is 5.32. The molecule has 2 rings (SSSR count). The van der Waals surface area contributed by atoms with E-state index < -0.39 is 0 Å². The molecule has 0 radical (unpaired) electrons. The van der Waals surface area contributed by atoms with Crippen LogP contribution in [0.2, 0.25) is 0 Å². The molecule has 0 aromatic rings. The summed E-state index contributed by atoms with van der Waals surface area (Å²) in [7, 11) is 0. The van der Waals surface area contributed by atoms with Crippen LogP contribution in [0.15, 0.2) is 0 Å². The molecule has 2 fully saturated rings. The Morgan fingerprint density at radius 2 is 2.08 bits per heavy atom. The van der Waals surface area contributed by atoms with E-state index in [-0.39, 0.29) is 0 Å². The fourth-order valence-electron chi connectivity index (χ4n) is 3.41. The van der Waals surface area contributed by atoms with E-state index in [0.29, 0.717) is 5.41 Å². The number of hydrogen-bond acceptors (Lipinski definition) is 1. The van der Waals surface area contributed by atoms with Crippen LogP contribution in [0.3, 0.4) is 0 Å². The van der Waals surface area contributed by atoms with Crippen LogP contribution in [0.4, 0.5) is 0 Å². The second-order valence-corrected chi connectivity index (χ2v) is 5.33. The molecule has 70 valence electrons. The first kappa shape index (κ1) is 8.55. The molecular formula is C11H21N. The Morgan fingerprint density at radius 3 is 2.50 bits per heavy atom. The standard InChI is InChI=1S/C11H21N/c1-5-9-10-6-8(2)12(10)7-11(9,3)4/h8-10H,5-7H2,1-4H3/t8-,9?,10?/m0/s1. The highest BCUT2D eigenvalue weighted by Gasteiger charge is 2.52. The van der Waals surface area contributed by atoms with Crippen LogP contribution in [0.5, 0.6) is 0 Å². The van der Waals surface area contributed by atoms with Crippen molar-refractivity contribution in [3.8, 4) is 0 Å². The third-order valence-electron chi connectivity index (χ3n) is 4.07. The molecule has 1 nitrogen and oxygen atoms in total. The third kappa shape index (κ3) is 0.953. The Morgan fingerprint density at radius 1 is 1.42 bits per heavy atom. The molecule has 2 saturated heterocycles. The van der Waals surface area contributed by atoms with E-state index in [1.54, 1.807) is 0 Å². The van der Waals surface area contributed by atoms with Crippen LogP contribution < -0.4 is 0 Å². The Labute approximate surface area is 76.1 Å². The molecule has 0 amide bonds. The minimum atomic E-state index is 0.574. The summed E-state index contributed by atoms with van der Waals surface area (Å²) in [5, 5.41) is 0. The molecular weight excluding hydrogens is 146 g/mol. The Bertz CT molecular complexity index is 185. The SMILES string of the molecule is CCC1C2C[C@H](C)N2CC1(C)C. The summed E-state index contributed by atoms with van der Waals surface area (Å²) in [6.45, 7) is 10.9. The third-order valence-corrected chi connectivity index (χ3v) is 4.07. The average Bonchev–Trinajstić information content (AvgIpc) is 2.19. The van der Waals surface area contributed by atoms with Gasteiger partial charge in [0.1, 0.15) is 0 Å². The van der Waals surface area contributed by atoms with Gasteiger partial charge in [-0.25, -0.2) is 0 Å². The van der Waals surface area contributed by atoms with Gasteiger partial charge in [0.25, 0.3) is 0 Å². The zero-order valence-electron chi connectivity index (χ0n) is 8.80. The summed E-state index contributed by atoms with van der Waals surface area (Å²) in [6.07, 6.45) is 2.81. The molecule has 2 heterocycles. The van der Waals surface area contributed by atoms with Crippen LogP contribution in [0.1, 0.15) is 40.5 Å². The van der Waals surface area contributed by atoms with E-state index in [4.69, 9.17) is 0 Å². The lowest BCUT2D eigenvalue weighted by atomic mass is 9.75. The maximum Gasteiger partial charge on any atom is 0.0147 e. The van der Waals surface area contributed by atoms with Crippen LogP contribution in [-0.4, -0.2) is 23.5 Å². The van der Waals surface area contributed by atoms with E-state index in [9.17, 15) is 0 Å². The van der Waals surface area contributed by atoms with Crippen molar-refractivity contribution in [2.45, 2.75) is 52.6 Å².